The highest BCUT2D eigenvalue weighted by Crippen LogP contribution is 2.29. The van der Waals surface area contributed by atoms with Crippen LogP contribution in [0.2, 0.25) is 0 Å². The topological polar surface area (TPSA) is 69.6 Å². The summed E-state index contributed by atoms with van der Waals surface area (Å²) in [5.74, 6) is 0.126. The van der Waals surface area contributed by atoms with Crippen molar-refractivity contribution in [2.24, 2.45) is 5.92 Å². The van der Waals surface area contributed by atoms with Gasteiger partial charge in [0.2, 0.25) is 11.8 Å². The molecule has 2 aliphatic rings. The van der Waals surface area contributed by atoms with Gasteiger partial charge in [0.25, 0.3) is 0 Å². The van der Waals surface area contributed by atoms with Gasteiger partial charge in [-0.1, -0.05) is 12.8 Å². The molecule has 0 radical (unpaired) electrons. The van der Waals surface area contributed by atoms with Gasteiger partial charge in [0.05, 0.1) is 6.10 Å². The van der Waals surface area contributed by atoms with Gasteiger partial charge in [0.15, 0.2) is 0 Å². The monoisotopic (exact) mass is 336 g/mol. The van der Waals surface area contributed by atoms with E-state index < -0.39 is 6.10 Å². The summed E-state index contributed by atoms with van der Waals surface area (Å²) in [4.78, 5) is 26.8. The van der Waals surface area contributed by atoms with Gasteiger partial charge in [0.1, 0.15) is 6.04 Å². The van der Waals surface area contributed by atoms with Crippen LogP contribution in [0.25, 0.3) is 0 Å². The standard InChI is InChI=1S/C17H24N2O3S/c20-15(13-7-9-23-11-13)10-18-16(21)14-6-3-8-19(14)17(22)12-4-1-2-5-12/h7,9,11-12,14-15,20H,1-6,8,10H2,(H,18,21). The SMILES string of the molecule is O=C(NCC(O)c1ccsc1)C1CCCN1C(=O)C1CCCC1. The predicted molar refractivity (Wildman–Crippen MR) is 89.0 cm³/mol. The number of hydrogen-bond acceptors (Lipinski definition) is 4. The second-order valence-corrected chi connectivity index (χ2v) is 7.27. The van der Waals surface area contributed by atoms with E-state index in [9.17, 15) is 14.7 Å². The highest BCUT2D eigenvalue weighted by molar-refractivity contribution is 7.07. The lowest BCUT2D eigenvalue weighted by molar-refractivity contribution is -0.141. The summed E-state index contributed by atoms with van der Waals surface area (Å²) in [6.45, 7) is 0.873. The van der Waals surface area contributed by atoms with Crippen LogP contribution < -0.4 is 5.32 Å². The van der Waals surface area contributed by atoms with Crippen LogP contribution in [0.4, 0.5) is 0 Å². The molecule has 126 valence electrons. The van der Waals surface area contributed by atoms with E-state index in [0.717, 1.165) is 44.1 Å². The fraction of sp³-hybridized carbons (Fsp3) is 0.647. The quantitative estimate of drug-likeness (QED) is 0.865. The molecule has 2 fully saturated rings. The molecule has 1 aromatic heterocycles. The van der Waals surface area contributed by atoms with E-state index in [1.807, 2.05) is 16.8 Å². The van der Waals surface area contributed by atoms with Crippen LogP contribution in [0.5, 0.6) is 0 Å². The van der Waals surface area contributed by atoms with Crippen molar-refractivity contribution in [2.75, 3.05) is 13.1 Å². The number of carbonyl (C=O) groups excluding carboxylic acids is 2. The Morgan fingerprint density at radius 1 is 1.30 bits per heavy atom. The van der Waals surface area contributed by atoms with Gasteiger partial charge in [0, 0.05) is 19.0 Å². The van der Waals surface area contributed by atoms with Gasteiger partial charge in [-0.25, -0.2) is 0 Å². The Kier molecular flexibility index (Phi) is 5.33. The Morgan fingerprint density at radius 3 is 2.78 bits per heavy atom. The van der Waals surface area contributed by atoms with Gasteiger partial charge in [-0.05, 0) is 48.1 Å². The second kappa shape index (κ2) is 7.45. The molecule has 0 spiro atoms. The molecule has 6 heteroatoms. The smallest absolute Gasteiger partial charge is 0.242 e. The number of aliphatic hydroxyl groups excluding tert-OH is 1. The maximum atomic E-state index is 12.6. The number of rotatable bonds is 5. The molecule has 2 heterocycles. The van der Waals surface area contributed by atoms with E-state index in [1.165, 1.54) is 11.3 Å². The van der Waals surface area contributed by atoms with Crippen molar-refractivity contribution in [3.05, 3.63) is 22.4 Å². The van der Waals surface area contributed by atoms with Crippen LogP contribution >= 0.6 is 11.3 Å². The van der Waals surface area contributed by atoms with Crippen molar-refractivity contribution < 1.29 is 14.7 Å². The number of likely N-dealkylation sites (tertiary alicyclic amines) is 1. The van der Waals surface area contributed by atoms with Crippen LogP contribution in [-0.2, 0) is 9.59 Å². The molecule has 0 aromatic carbocycles. The lowest BCUT2D eigenvalue weighted by atomic mass is 10.1. The minimum atomic E-state index is -0.689. The van der Waals surface area contributed by atoms with Crippen LogP contribution in [0.3, 0.4) is 0 Å². The van der Waals surface area contributed by atoms with Crippen LogP contribution in [0.1, 0.15) is 50.2 Å². The third kappa shape index (κ3) is 3.75. The number of thiophene rings is 1. The van der Waals surface area contributed by atoms with Gasteiger partial charge < -0.3 is 15.3 Å². The molecule has 1 aliphatic carbocycles. The zero-order valence-electron chi connectivity index (χ0n) is 13.2. The van der Waals surface area contributed by atoms with Gasteiger partial charge in [-0.3, -0.25) is 9.59 Å². The summed E-state index contributed by atoms with van der Waals surface area (Å²) in [6, 6.07) is 1.49. The first-order valence-electron chi connectivity index (χ1n) is 8.45. The van der Waals surface area contributed by atoms with Crippen molar-refractivity contribution in [3.8, 4) is 0 Å². The molecule has 2 N–H and O–H groups in total. The molecule has 23 heavy (non-hydrogen) atoms. The van der Waals surface area contributed by atoms with Crippen molar-refractivity contribution in [2.45, 2.75) is 50.7 Å². The number of nitrogens with one attached hydrogen (secondary N) is 1. The average molecular weight is 336 g/mol. The Hall–Kier alpha value is -1.40. The van der Waals surface area contributed by atoms with Gasteiger partial charge in [-0.2, -0.15) is 11.3 Å². The normalized spacial score (nSPS) is 23.2. The summed E-state index contributed by atoms with van der Waals surface area (Å²) in [7, 11) is 0. The fourth-order valence-electron chi connectivity index (χ4n) is 3.61. The van der Waals surface area contributed by atoms with E-state index in [2.05, 4.69) is 5.32 Å². The number of hydrogen-bond donors (Lipinski definition) is 2. The van der Waals surface area contributed by atoms with Crippen LogP contribution in [0, 0.1) is 5.92 Å². The summed E-state index contributed by atoms with van der Waals surface area (Å²) in [6.07, 6.45) is 5.07. The Labute approximate surface area is 140 Å². The van der Waals surface area contributed by atoms with E-state index in [1.54, 1.807) is 4.90 Å². The van der Waals surface area contributed by atoms with E-state index in [4.69, 9.17) is 0 Å². The molecule has 0 bridgehead atoms. The van der Waals surface area contributed by atoms with E-state index >= 15 is 0 Å². The molecule has 1 saturated heterocycles. The fourth-order valence-corrected chi connectivity index (χ4v) is 4.31. The molecular formula is C17H24N2O3S. The largest absolute Gasteiger partial charge is 0.387 e. The molecule has 2 amide bonds. The lowest BCUT2D eigenvalue weighted by Gasteiger charge is -2.27. The molecule has 2 unspecified atom stereocenters. The van der Waals surface area contributed by atoms with E-state index in [-0.39, 0.29) is 30.3 Å². The Balaban J connectivity index is 1.54. The molecule has 2 atom stereocenters. The zero-order chi connectivity index (χ0) is 16.2. The third-order valence-electron chi connectivity index (χ3n) is 4.94. The Morgan fingerprint density at radius 2 is 2.09 bits per heavy atom. The van der Waals surface area contributed by atoms with Crippen molar-refractivity contribution >= 4 is 23.2 Å². The first-order valence-corrected chi connectivity index (χ1v) is 9.39. The zero-order valence-corrected chi connectivity index (χ0v) is 14.1. The van der Waals surface area contributed by atoms with E-state index in [0.29, 0.717) is 6.54 Å². The molecular weight excluding hydrogens is 312 g/mol. The third-order valence-corrected chi connectivity index (χ3v) is 5.64. The molecule has 3 rings (SSSR count). The summed E-state index contributed by atoms with van der Waals surface area (Å²) >= 11 is 1.52. The van der Waals surface area contributed by atoms with Crippen LogP contribution in [-0.4, -0.2) is 41.0 Å². The summed E-state index contributed by atoms with van der Waals surface area (Å²) in [5, 5.41) is 16.6. The lowest BCUT2D eigenvalue weighted by Crippen LogP contribution is -2.48. The van der Waals surface area contributed by atoms with Crippen molar-refractivity contribution in [1.82, 2.24) is 10.2 Å². The number of carbonyl (C=O) groups is 2. The second-order valence-electron chi connectivity index (χ2n) is 6.49. The molecule has 1 aromatic rings. The first kappa shape index (κ1) is 16.5. The average Bonchev–Trinajstić information content (AvgIpc) is 3.33. The minimum absolute atomic E-state index is 0.111. The maximum absolute atomic E-state index is 12.6. The highest BCUT2D eigenvalue weighted by atomic mass is 32.1. The minimum Gasteiger partial charge on any atom is -0.387 e. The van der Waals surface area contributed by atoms with Crippen LogP contribution in [0.15, 0.2) is 16.8 Å². The summed E-state index contributed by atoms with van der Waals surface area (Å²) < 4.78 is 0. The number of nitrogens with zero attached hydrogens (tertiary/aromatic N) is 1. The summed E-state index contributed by atoms with van der Waals surface area (Å²) in [5.41, 5.74) is 0.820. The number of aliphatic hydroxyl groups is 1. The Bertz CT molecular complexity index is 540. The molecule has 1 aliphatic heterocycles. The number of amides is 2. The van der Waals surface area contributed by atoms with Gasteiger partial charge in [-0.15, -0.1) is 0 Å². The predicted octanol–water partition coefficient (Wildman–Crippen LogP) is 2.08. The first-order chi connectivity index (χ1) is 11.2. The molecule has 1 saturated carbocycles. The van der Waals surface area contributed by atoms with Gasteiger partial charge >= 0.3 is 0 Å². The maximum Gasteiger partial charge on any atom is 0.242 e. The van der Waals surface area contributed by atoms with Crippen molar-refractivity contribution in [1.29, 1.82) is 0 Å². The van der Waals surface area contributed by atoms with Crippen molar-refractivity contribution in [3.63, 3.8) is 0 Å². The highest BCUT2D eigenvalue weighted by Gasteiger charge is 2.37. The molecule has 5 nitrogen and oxygen atoms in total.